The van der Waals surface area contributed by atoms with Crippen molar-refractivity contribution in [2.45, 2.75) is 26.2 Å². The van der Waals surface area contributed by atoms with Crippen LogP contribution in [-0.4, -0.2) is 14.4 Å². The quantitative estimate of drug-likeness (QED) is 0.838. The first-order valence-electron chi connectivity index (χ1n) is 4.82. The average molecular weight is 333 g/mol. The second kappa shape index (κ2) is 4.22. The van der Waals surface area contributed by atoms with Gasteiger partial charge in [-0.15, -0.1) is 0 Å². The zero-order valence-electron chi connectivity index (χ0n) is 8.54. The molecule has 1 atom stereocenters. The Labute approximate surface area is 105 Å². The summed E-state index contributed by atoms with van der Waals surface area (Å²) in [5.74, 6) is 0.501. The van der Waals surface area contributed by atoms with Crippen molar-refractivity contribution in [1.29, 1.82) is 0 Å². The fourth-order valence-corrected chi connectivity index (χ4v) is 2.62. The van der Waals surface area contributed by atoms with Gasteiger partial charge in [-0.3, -0.25) is 4.40 Å². The highest BCUT2D eigenvalue weighted by Crippen LogP contribution is 2.24. The van der Waals surface area contributed by atoms with E-state index in [0.29, 0.717) is 5.92 Å². The molecule has 0 aromatic carbocycles. The van der Waals surface area contributed by atoms with Crippen LogP contribution < -0.4 is 0 Å². The van der Waals surface area contributed by atoms with E-state index in [2.05, 4.69) is 60.1 Å². The van der Waals surface area contributed by atoms with Crippen LogP contribution in [-0.2, 0) is 0 Å². The summed E-state index contributed by atoms with van der Waals surface area (Å²) in [5, 5.41) is 0. The van der Waals surface area contributed by atoms with Gasteiger partial charge >= 0.3 is 0 Å². The highest BCUT2D eigenvalue weighted by molar-refractivity contribution is 9.11. The molecule has 15 heavy (non-hydrogen) atoms. The Bertz CT molecular complexity index is 493. The van der Waals surface area contributed by atoms with Crippen molar-refractivity contribution in [3.8, 4) is 0 Å². The molecule has 0 aliphatic rings. The molecular weight excluding hydrogens is 322 g/mol. The molecule has 0 amide bonds. The summed E-state index contributed by atoms with van der Waals surface area (Å²) in [6, 6.07) is 0. The zero-order chi connectivity index (χ0) is 11.0. The van der Waals surface area contributed by atoms with Crippen LogP contribution in [0.5, 0.6) is 0 Å². The van der Waals surface area contributed by atoms with E-state index in [0.717, 1.165) is 21.3 Å². The molecule has 0 spiro atoms. The molecule has 2 aromatic heterocycles. The van der Waals surface area contributed by atoms with Gasteiger partial charge in [0.25, 0.3) is 0 Å². The zero-order valence-corrected chi connectivity index (χ0v) is 11.7. The number of nitrogens with zero attached hydrogens (tertiary/aromatic N) is 3. The van der Waals surface area contributed by atoms with Gasteiger partial charge in [0.1, 0.15) is 4.60 Å². The fraction of sp³-hybridized carbons (Fsp3) is 0.400. The van der Waals surface area contributed by atoms with Crippen molar-refractivity contribution >= 4 is 37.5 Å². The van der Waals surface area contributed by atoms with Gasteiger partial charge in [-0.2, -0.15) is 0 Å². The lowest BCUT2D eigenvalue weighted by atomic mass is 10.1. The van der Waals surface area contributed by atoms with Crippen LogP contribution >= 0.6 is 31.9 Å². The van der Waals surface area contributed by atoms with Gasteiger partial charge in [0, 0.05) is 18.1 Å². The van der Waals surface area contributed by atoms with E-state index in [1.54, 1.807) is 0 Å². The molecule has 80 valence electrons. The van der Waals surface area contributed by atoms with E-state index in [1.807, 2.05) is 12.4 Å². The summed E-state index contributed by atoms with van der Waals surface area (Å²) in [7, 11) is 0. The number of hydrogen-bond acceptors (Lipinski definition) is 2. The number of rotatable bonds is 2. The first-order chi connectivity index (χ1) is 7.13. The molecule has 1 unspecified atom stereocenters. The number of fused-ring (bicyclic) bond motifs is 1. The minimum atomic E-state index is 0.501. The van der Waals surface area contributed by atoms with Gasteiger partial charge in [-0.1, -0.05) is 13.8 Å². The Morgan fingerprint density at radius 1 is 1.47 bits per heavy atom. The SMILES string of the molecule is CCC(C)c1cnc2c(Br)nc(Br)cn12. The van der Waals surface area contributed by atoms with Crippen LogP contribution in [0.1, 0.15) is 31.9 Å². The van der Waals surface area contributed by atoms with Crippen LogP contribution in [0, 0.1) is 0 Å². The van der Waals surface area contributed by atoms with Crippen molar-refractivity contribution in [1.82, 2.24) is 14.4 Å². The second-order valence-corrected chi connectivity index (χ2v) is 5.10. The monoisotopic (exact) mass is 331 g/mol. The number of aromatic nitrogens is 3. The van der Waals surface area contributed by atoms with Crippen molar-refractivity contribution < 1.29 is 0 Å². The molecule has 0 N–H and O–H groups in total. The van der Waals surface area contributed by atoms with Gasteiger partial charge in [0.2, 0.25) is 0 Å². The first kappa shape index (κ1) is 11.1. The van der Waals surface area contributed by atoms with Gasteiger partial charge in [-0.05, 0) is 44.2 Å². The lowest BCUT2D eigenvalue weighted by Gasteiger charge is -2.08. The van der Waals surface area contributed by atoms with Gasteiger partial charge < -0.3 is 0 Å². The largest absolute Gasteiger partial charge is 0.299 e. The highest BCUT2D eigenvalue weighted by Gasteiger charge is 2.12. The molecule has 2 aromatic rings. The summed E-state index contributed by atoms with van der Waals surface area (Å²) in [6.07, 6.45) is 4.97. The fourth-order valence-electron chi connectivity index (χ4n) is 1.52. The maximum Gasteiger partial charge on any atom is 0.170 e. The molecule has 0 aliphatic carbocycles. The van der Waals surface area contributed by atoms with Gasteiger partial charge in [0.15, 0.2) is 10.3 Å². The van der Waals surface area contributed by atoms with E-state index >= 15 is 0 Å². The summed E-state index contributed by atoms with van der Waals surface area (Å²) < 4.78 is 3.66. The third-order valence-electron chi connectivity index (χ3n) is 2.57. The molecule has 5 heteroatoms. The minimum Gasteiger partial charge on any atom is -0.299 e. The predicted octanol–water partition coefficient (Wildman–Crippen LogP) is 3.77. The van der Waals surface area contributed by atoms with E-state index < -0.39 is 0 Å². The van der Waals surface area contributed by atoms with Crippen molar-refractivity contribution in [3.05, 3.63) is 27.3 Å². The number of halogens is 2. The normalized spacial score (nSPS) is 13.3. The Kier molecular flexibility index (Phi) is 3.11. The third-order valence-corrected chi connectivity index (χ3v) is 3.48. The number of hydrogen-bond donors (Lipinski definition) is 0. The van der Waals surface area contributed by atoms with Gasteiger partial charge in [0.05, 0.1) is 0 Å². The van der Waals surface area contributed by atoms with E-state index in [9.17, 15) is 0 Å². The van der Waals surface area contributed by atoms with Crippen LogP contribution in [0.15, 0.2) is 21.6 Å². The maximum atomic E-state index is 4.36. The molecule has 0 saturated heterocycles. The Morgan fingerprint density at radius 2 is 2.20 bits per heavy atom. The molecule has 0 saturated carbocycles. The summed E-state index contributed by atoms with van der Waals surface area (Å²) >= 11 is 6.79. The summed E-state index contributed by atoms with van der Waals surface area (Å²) in [5.41, 5.74) is 2.09. The van der Waals surface area contributed by atoms with Crippen LogP contribution in [0.2, 0.25) is 0 Å². The molecule has 2 heterocycles. The number of imidazole rings is 1. The topological polar surface area (TPSA) is 30.2 Å². The summed E-state index contributed by atoms with van der Waals surface area (Å²) in [6.45, 7) is 4.38. The van der Waals surface area contributed by atoms with Crippen molar-refractivity contribution in [2.24, 2.45) is 0 Å². The Balaban J connectivity index is 2.68. The molecule has 2 rings (SSSR count). The summed E-state index contributed by atoms with van der Waals surface area (Å²) in [4.78, 5) is 8.61. The van der Waals surface area contributed by atoms with Crippen LogP contribution in [0.4, 0.5) is 0 Å². The molecule has 0 bridgehead atoms. The Hall–Kier alpha value is -0.420. The van der Waals surface area contributed by atoms with Crippen molar-refractivity contribution in [2.75, 3.05) is 0 Å². The first-order valence-corrected chi connectivity index (χ1v) is 6.41. The molecular formula is C10H11Br2N3. The third kappa shape index (κ3) is 1.95. The van der Waals surface area contributed by atoms with Crippen LogP contribution in [0.25, 0.3) is 5.65 Å². The highest BCUT2D eigenvalue weighted by atomic mass is 79.9. The van der Waals surface area contributed by atoms with Crippen LogP contribution in [0.3, 0.4) is 0 Å². The smallest absolute Gasteiger partial charge is 0.170 e. The molecule has 0 fully saturated rings. The van der Waals surface area contributed by atoms with E-state index in [-0.39, 0.29) is 0 Å². The van der Waals surface area contributed by atoms with Crippen molar-refractivity contribution in [3.63, 3.8) is 0 Å². The van der Waals surface area contributed by atoms with E-state index in [1.165, 1.54) is 5.69 Å². The molecule has 3 nitrogen and oxygen atoms in total. The average Bonchev–Trinajstić information content (AvgIpc) is 2.60. The van der Waals surface area contributed by atoms with E-state index in [4.69, 9.17) is 0 Å². The minimum absolute atomic E-state index is 0.501. The molecule has 0 radical (unpaired) electrons. The standard InChI is InChI=1S/C10H11Br2N3/c1-3-6(2)7-4-13-10-9(12)14-8(11)5-15(7)10/h4-6H,3H2,1-2H3. The Morgan fingerprint density at radius 3 is 2.87 bits per heavy atom. The maximum absolute atomic E-state index is 4.36. The molecule has 0 aliphatic heterocycles. The lowest BCUT2D eigenvalue weighted by molar-refractivity contribution is 0.699. The second-order valence-electron chi connectivity index (χ2n) is 3.54. The lowest BCUT2D eigenvalue weighted by Crippen LogP contribution is -1.98. The van der Waals surface area contributed by atoms with Gasteiger partial charge in [-0.25, -0.2) is 9.97 Å². The predicted molar refractivity (Wildman–Crippen MR) is 67.1 cm³/mol.